The molecule has 0 amide bonds. The van der Waals surface area contributed by atoms with Crippen molar-refractivity contribution in [3.63, 3.8) is 0 Å². The van der Waals surface area contributed by atoms with Gasteiger partial charge in [0, 0.05) is 11.1 Å². The fourth-order valence-corrected chi connectivity index (χ4v) is 2.23. The SMILES string of the molecule is Cc1cc(OC(C)C(=O)Oc2cccc(-n3cnnn3)c2)ccc1Cl. The maximum atomic E-state index is 12.2. The van der Waals surface area contributed by atoms with E-state index in [1.54, 1.807) is 49.4 Å². The summed E-state index contributed by atoms with van der Waals surface area (Å²) in [5.74, 6) is 0.413. The molecule has 0 spiro atoms. The topological polar surface area (TPSA) is 79.1 Å². The molecule has 0 fully saturated rings. The van der Waals surface area contributed by atoms with Gasteiger partial charge in [0.05, 0.1) is 5.69 Å². The highest BCUT2D eigenvalue weighted by Crippen LogP contribution is 2.22. The van der Waals surface area contributed by atoms with E-state index in [0.717, 1.165) is 5.56 Å². The van der Waals surface area contributed by atoms with Crippen LogP contribution in [0, 0.1) is 6.92 Å². The Morgan fingerprint density at radius 1 is 1.20 bits per heavy atom. The number of aromatic nitrogens is 4. The van der Waals surface area contributed by atoms with Gasteiger partial charge in [-0.3, -0.25) is 0 Å². The van der Waals surface area contributed by atoms with Gasteiger partial charge in [-0.05, 0) is 60.2 Å². The number of ether oxygens (including phenoxy) is 2. The Hall–Kier alpha value is -2.93. The van der Waals surface area contributed by atoms with E-state index < -0.39 is 12.1 Å². The lowest BCUT2D eigenvalue weighted by molar-refractivity contribution is -0.141. The molecule has 3 aromatic rings. The van der Waals surface area contributed by atoms with Gasteiger partial charge in [0.2, 0.25) is 0 Å². The summed E-state index contributed by atoms with van der Waals surface area (Å²) in [4.78, 5) is 12.2. The third-order valence-electron chi connectivity index (χ3n) is 3.42. The summed E-state index contributed by atoms with van der Waals surface area (Å²) in [6, 6.07) is 12.1. The number of hydrogen-bond donors (Lipinski definition) is 0. The van der Waals surface area contributed by atoms with Gasteiger partial charge in [-0.25, -0.2) is 9.48 Å². The van der Waals surface area contributed by atoms with Crippen LogP contribution in [0.3, 0.4) is 0 Å². The Balaban J connectivity index is 1.67. The highest BCUT2D eigenvalue weighted by Gasteiger charge is 2.18. The van der Waals surface area contributed by atoms with Crippen molar-refractivity contribution in [3.8, 4) is 17.2 Å². The maximum Gasteiger partial charge on any atom is 0.352 e. The molecule has 0 saturated heterocycles. The Bertz CT molecular complexity index is 883. The molecule has 0 bridgehead atoms. The summed E-state index contributed by atoms with van der Waals surface area (Å²) in [6.07, 6.45) is 0.674. The van der Waals surface area contributed by atoms with Crippen LogP contribution in [0.1, 0.15) is 12.5 Å². The third kappa shape index (κ3) is 4.13. The number of halogens is 1. The second kappa shape index (κ2) is 7.31. The van der Waals surface area contributed by atoms with Gasteiger partial charge in [0.15, 0.2) is 6.10 Å². The second-order valence-corrected chi connectivity index (χ2v) is 5.75. The zero-order valence-corrected chi connectivity index (χ0v) is 14.3. The monoisotopic (exact) mass is 358 g/mol. The van der Waals surface area contributed by atoms with Crippen LogP contribution in [-0.4, -0.2) is 32.3 Å². The minimum atomic E-state index is -0.780. The van der Waals surface area contributed by atoms with Gasteiger partial charge in [0.25, 0.3) is 0 Å². The van der Waals surface area contributed by atoms with E-state index in [1.807, 2.05) is 6.92 Å². The number of aryl methyl sites for hydroxylation is 1. The molecule has 3 rings (SSSR count). The fourth-order valence-electron chi connectivity index (χ4n) is 2.11. The van der Waals surface area contributed by atoms with Crippen LogP contribution in [0.2, 0.25) is 5.02 Å². The predicted octanol–water partition coefficient (Wildman–Crippen LogP) is 3.00. The zero-order valence-electron chi connectivity index (χ0n) is 13.6. The van der Waals surface area contributed by atoms with Crippen LogP contribution in [0.5, 0.6) is 11.5 Å². The van der Waals surface area contributed by atoms with E-state index >= 15 is 0 Å². The Labute approximate surface area is 149 Å². The molecule has 128 valence electrons. The van der Waals surface area contributed by atoms with Crippen molar-refractivity contribution < 1.29 is 14.3 Å². The number of esters is 1. The largest absolute Gasteiger partial charge is 0.479 e. The number of tetrazole rings is 1. The van der Waals surface area contributed by atoms with Crippen molar-refractivity contribution in [3.05, 3.63) is 59.4 Å². The lowest BCUT2D eigenvalue weighted by Gasteiger charge is -2.14. The van der Waals surface area contributed by atoms with E-state index in [4.69, 9.17) is 21.1 Å². The first-order valence-corrected chi connectivity index (χ1v) is 7.88. The number of carbonyl (C=O) groups excluding carboxylic acids is 1. The van der Waals surface area contributed by atoms with Crippen LogP contribution in [0.25, 0.3) is 5.69 Å². The lowest BCUT2D eigenvalue weighted by Crippen LogP contribution is -2.28. The molecule has 7 nitrogen and oxygen atoms in total. The first-order chi connectivity index (χ1) is 12.0. The number of hydrogen-bond acceptors (Lipinski definition) is 6. The molecule has 1 aromatic heterocycles. The molecule has 1 atom stereocenters. The normalized spacial score (nSPS) is 11.8. The minimum absolute atomic E-state index is 0.376. The van der Waals surface area contributed by atoms with Gasteiger partial charge >= 0.3 is 5.97 Å². The number of benzene rings is 2. The van der Waals surface area contributed by atoms with E-state index in [2.05, 4.69) is 15.5 Å². The highest BCUT2D eigenvalue weighted by molar-refractivity contribution is 6.31. The zero-order chi connectivity index (χ0) is 17.8. The summed E-state index contributed by atoms with van der Waals surface area (Å²) < 4.78 is 12.5. The number of rotatable bonds is 5. The lowest BCUT2D eigenvalue weighted by atomic mass is 10.2. The van der Waals surface area contributed by atoms with E-state index in [-0.39, 0.29) is 0 Å². The second-order valence-electron chi connectivity index (χ2n) is 5.34. The van der Waals surface area contributed by atoms with Crippen LogP contribution in [0.15, 0.2) is 48.8 Å². The molecule has 1 unspecified atom stereocenters. The molecule has 0 aliphatic heterocycles. The molecule has 0 aliphatic rings. The van der Waals surface area contributed by atoms with Crippen LogP contribution >= 0.6 is 11.6 Å². The van der Waals surface area contributed by atoms with Gasteiger partial charge in [-0.1, -0.05) is 17.7 Å². The summed E-state index contributed by atoms with van der Waals surface area (Å²) in [5.41, 5.74) is 1.55. The van der Waals surface area contributed by atoms with Crippen LogP contribution in [0.4, 0.5) is 0 Å². The fraction of sp³-hybridized carbons (Fsp3) is 0.176. The molecule has 8 heteroatoms. The summed E-state index contributed by atoms with van der Waals surface area (Å²) in [5, 5.41) is 11.6. The van der Waals surface area contributed by atoms with Crippen molar-refractivity contribution in [2.45, 2.75) is 20.0 Å². The summed E-state index contributed by atoms with van der Waals surface area (Å²) >= 11 is 5.98. The molecule has 25 heavy (non-hydrogen) atoms. The van der Waals surface area contributed by atoms with Gasteiger partial charge in [-0.15, -0.1) is 5.10 Å². The quantitative estimate of drug-likeness (QED) is 0.515. The van der Waals surface area contributed by atoms with Gasteiger partial charge in [0.1, 0.15) is 17.8 Å². The van der Waals surface area contributed by atoms with E-state index in [9.17, 15) is 4.79 Å². The van der Waals surface area contributed by atoms with Crippen molar-refractivity contribution >= 4 is 17.6 Å². The molecule has 0 N–H and O–H groups in total. The molecule has 0 aliphatic carbocycles. The van der Waals surface area contributed by atoms with Crippen molar-refractivity contribution in [1.82, 2.24) is 20.2 Å². The molecule has 0 saturated carbocycles. The minimum Gasteiger partial charge on any atom is -0.479 e. The van der Waals surface area contributed by atoms with Crippen LogP contribution in [-0.2, 0) is 4.79 Å². The molecular weight excluding hydrogens is 344 g/mol. The smallest absolute Gasteiger partial charge is 0.352 e. The van der Waals surface area contributed by atoms with E-state index in [1.165, 1.54) is 11.0 Å². The van der Waals surface area contributed by atoms with E-state index in [0.29, 0.717) is 22.2 Å². The average Bonchev–Trinajstić information content (AvgIpc) is 3.13. The molecule has 1 heterocycles. The average molecular weight is 359 g/mol. The molecule has 0 radical (unpaired) electrons. The summed E-state index contributed by atoms with van der Waals surface area (Å²) in [6.45, 7) is 3.49. The number of carbonyl (C=O) groups is 1. The number of nitrogens with zero attached hydrogens (tertiary/aromatic N) is 4. The van der Waals surface area contributed by atoms with Gasteiger partial charge < -0.3 is 9.47 Å². The maximum absolute atomic E-state index is 12.2. The van der Waals surface area contributed by atoms with Crippen molar-refractivity contribution in [2.24, 2.45) is 0 Å². The Kier molecular flexibility index (Phi) is 4.95. The highest BCUT2D eigenvalue weighted by atomic mass is 35.5. The standard InChI is InChI=1S/C17H15ClN4O3/c1-11-8-15(6-7-16(11)18)24-12(2)17(23)25-14-5-3-4-13(9-14)22-10-19-20-21-22/h3-10,12H,1-2H3. The first kappa shape index (κ1) is 16.9. The predicted molar refractivity (Wildman–Crippen MR) is 91.1 cm³/mol. The Morgan fingerprint density at radius 3 is 2.76 bits per heavy atom. The third-order valence-corrected chi connectivity index (χ3v) is 3.85. The Morgan fingerprint density at radius 2 is 2.04 bits per heavy atom. The van der Waals surface area contributed by atoms with Crippen molar-refractivity contribution in [1.29, 1.82) is 0 Å². The van der Waals surface area contributed by atoms with Crippen molar-refractivity contribution in [2.75, 3.05) is 0 Å². The molecule has 2 aromatic carbocycles. The van der Waals surface area contributed by atoms with Crippen LogP contribution < -0.4 is 9.47 Å². The molecular formula is C17H15ClN4O3. The first-order valence-electron chi connectivity index (χ1n) is 7.51. The van der Waals surface area contributed by atoms with Gasteiger partial charge in [-0.2, -0.15) is 0 Å². The summed E-state index contributed by atoms with van der Waals surface area (Å²) in [7, 11) is 0.